The van der Waals surface area contributed by atoms with Gasteiger partial charge < -0.3 is 10.1 Å². The molecule has 27 heavy (non-hydrogen) atoms. The largest absolute Gasteiger partial charge is 0.469 e. The van der Waals surface area contributed by atoms with Crippen molar-refractivity contribution in [1.82, 2.24) is 15.8 Å². The lowest BCUT2D eigenvalue weighted by atomic mass is 9.99. The third kappa shape index (κ3) is 4.44. The van der Waals surface area contributed by atoms with Gasteiger partial charge in [0.25, 0.3) is 0 Å². The van der Waals surface area contributed by atoms with Crippen LogP contribution in [0, 0.1) is 5.92 Å². The molecule has 1 saturated heterocycles. The second kappa shape index (κ2) is 8.35. The number of methoxy groups -OCH3 is 1. The molecular weight excluding hydrogens is 346 g/mol. The van der Waals surface area contributed by atoms with Gasteiger partial charge in [-0.2, -0.15) is 0 Å². The number of hydrazine groups is 1. The normalized spacial score (nSPS) is 16.6. The molecule has 1 aliphatic rings. The van der Waals surface area contributed by atoms with Gasteiger partial charge in [0.1, 0.15) is 0 Å². The van der Waals surface area contributed by atoms with Gasteiger partial charge in [-0.05, 0) is 11.1 Å². The maximum atomic E-state index is 12.8. The van der Waals surface area contributed by atoms with Gasteiger partial charge in [-0.25, -0.2) is 9.80 Å². The molecule has 1 heterocycles. The highest BCUT2D eigenvalue weighted by Gasteiger charge is 2.34. The van der Waals surface area contributed by atoms with Crippen LogP contribution in [-0.4, -0.2) is 36.6 Å². The van der Waals surface area contributed by atoms with Gasteiger partial charge >= 0.3 is 12.0 Å². The van der Waals surface area contributed by atoms with Gasteiger partial charge in [0, 0.05) is 6.42 Å². The summed E-state index contributed by atoms with van der Waals surface area (Å²) in [6, 6.07) is 18.2. The van der Waals surface area contributed by atoms with E-state index in [1.807, 2.05) is 60.7 Å². The van der Waals surface area contributed by atoms with Gasteiger partial charge in [0.05, 0.1) is 25.6 Å². The van der Waals surface area contributed by atoms with Crippen molar-refractivity contribution in [3.05, 3.63) is 71.8 Å². The first-order valence-electron chi connectivity index (χ1n) is 8.63. The minimum Gasteiger partial charge on any atom is -0.469 e. The van der Waals surface area contributed by atoms with E-state index in [-0.39, 0.29) is 13.0 Å². The average Bonchev–Trinajstić information content (AvgIpc) is 2.72. The van der Waals surface area contributed by atoms with E-state index in [4.69, 9.17) is 4.74 Å². The molecule has 7 nitrogen and oxygen atoms in total. The number of carbonyl (C=O) groups excluding carboxylic acids is 3. The molecule has 1 aliphatic heterocycles. The number of rotatable bonds is 4. The predicted octanol–water partition coefficient (Wildman–Crippen LogP) is 2.01. The molecule has 1 fully saturated rings. The average molecular weight is 367 g/mol. The van der Waals surface area contributed by atoms with Gasteiger partial charge in [-0.15, -0.1) is 0 Å². The number of nitrogens with one attached hydrogen (secondary N) is 2. The molecular formula is C20H21N3O4. The SMILES string of the molecule is COC(=O)C1CC(=O)NN(C(=O)NC(c2ccccc2)c2ccccc2)C1. The lowest BCUT2D eigenvalue weighted by Gasteiger charge is -2.32. The van der Waals surface area contributed by atoms with Crippen LogP contribution in [0.1, 0.15) is 23.6 Å². The van der Waals surface area contributed by atoms with E-state index >= 15 is 0 Å². The van der Waals surface area contributed by atoms with Gasteiger partial charge in [-0.3, -0.25) is 15.0 Å². The van der Waals surface area contributed by atoms with Crippen molar-refractivity contribution in [2.45, 2.75) is 12.5 Å². The molecule has 7 heteroatoms. The van der Waals surface area contributed by atoms with E-state index in [0.29, 0.717) is 0 Å². The van der Waals surface area contributed by atoms with E-state index in [1.54, 1.807) is 0 Å². The van der Waals surface area contributed by atoms with Crippen LogP contribution in [0.4, 0.5) is 4.79 Å². The highest BCUT2D eigenvalue weighted by atomic mass is 16.5. The molecule has 2 N–H and O–H groups in total. The van der Waals surface area contributed by atoms with E-state index in [9.17, 15) is 14.4 Å². The second-order valence-corrected chi connectivity index (χ2v) is 6.27. The summed E-state index contributed by atoms with van der Waals surface area (Å²) in [5.74, 6) is -1.59. The minimum absolute atomic E-state index is 0.00273. The number of nitrogens with zero attached hydrogens (tertiary/aromatic N) is 1. The van der Waals surface area contributed by atoms with Crippen molar-refractivity contribution in [3.8, 4) is 0 Å². The standard InChI is InChI=1S/C20H21N3O4/c1-27-19(25)16-12-17(24)22-23(13-16)20(26)21-18(14-8-4-2-5-9-14)15-10-6-3-7-11-15/h2-11,16,18H,12-13H2,1H3,(H,21,26)(H,22,24). The summed E-state index contributed by atoms with van der Waals surface area (Å²) >= 11 is 0. The van der Waals surface area contributed by atoms with Crippen LogP contribution in [0.3, 0.4) is 0 Å². The van der Waals surface area contributed by atoms with Gasteiger partial charge in [0.2, 0.25) is 5.91 Å². The smallest absolute Gasteiger partial charge is 0.336 e. The van der Waals surface area contributed by atoms with Crippen LogP contribution in [-0.2, 0) is 14.3 Å². The zero-order valence-corrected chi connectivity index (χ0v) is 14.9. The summed E-state index contributed by atoms with van der Waals surface area (Å²) in [7, 11) is 1.26. The lowest BCUT2D eigenvalue weighted by Crippen LogP contribution is -2.57. The monoisotopic (exact) mass is 367 g/mol. The molecule has 3 rings (SSSR count). The summed E-state index contributed by atoms with van der Waals surface area (Å²) in [4.78, 5) is 36.5. The van der Waals surface area contributed by atoms with Crippen LogP contribution >= 0.6 is 0 Å². The highest BCUT2D eigenvalue weighted by Crippen LogP contribution is 2.22. The Hall–Kier alpha value is -3.35. The number of benzene rings is 2. The zero-order valence-electron chi connectivity index (χ0n) is 14.9. The maximum Gasteiger partial charge on any atom is 0.336 e. The Kier molecular flexibility index (Phi) is 5.71. The molecule has 140 valence electrons. The predicted molar refractivity (Wildman–Crippen MR) is 98.2 cm³/mol. The molecule has 0 aromatic heterocycles. The van der Waals surface area contributed by atoms with Crippen LogP contribution in [0.15, 0.2) is 60.7 Å². The highest BCUT2D eigenvalue weighted by molar-refractivity contribution is 5.87. The first kappa shape index (κ1) is 18.4. The summed E-state index contributed by atoms with van der Waals surface area (Å²) in [5, 5.41) is 4.07. The number of amides is 3. The molecule has 1 atom stereocenters. The summed E-state index contributed by atoms with van der Waals surface area (Å²) in [5.41, 5.74) is 4.32. The van der Waals surface area contributed by atoms with Gasteiger partial charge in [0.15, 0.2) is 0 Å². The molecule has 0 saturated carbocycles. The summed E-state index contributed by atoms with van der Waals surface area (Å²) in [6.07, 6.45) is -0.00273. The topological polar surface area (TPSA) is 87.7 Å². The molecule has 0 radical (unpaired) electrons. The third-order valence-electron chi connectivity index (χ3n) is 4.41. The maximum absolute atomic E-state index is 12.8. The van der Waals surface area contributed by atoms with Crippen LogP contribution < -0.4 is 10.7 Å². The Morgan fingerprint density at radius 2 is 1.63 bits per heavy atom. The fraction of sp³-hybridized carbons (Fsp3) is 0.250. The molecule has 0 aliphatic carbocycles. The van der Waals surface area contributed by atoms with Crippen molar-refractivity contribution < 1.29 is 19.1 Å². The fourth-order valence-electron chi connectivity index (χ4n) is 3.06. The Morgan fingerprint density at radius 1 is 1.07 bits per heavy atom. The van der Waals surface area contributed by atoms with Crippen LogP contribution in [0.25, 0.3) is 0 Å². The van der Waals surface area contributed by atoms with E-state index in [0.717, 1.165) is 16.1 Å². The molecule has 2 aromatic carbocycles. The van der Waals surface area contributed by atoms with E-state index < -0.39 is 29.9 Å². The first-order valence-corrected chi connectivity index (χ1v) is 8.63. The molecule has 0 spiro atoms. The third-order valence-corrected chi connectivity index (χ3v) is 4.41. The van der Waals surface area contributed by atoms with Gasteiger partial charge in [-0.1, -0.05) is 60.7 Å². The van der Waals surface area contributed by atoms with Crippen LogP contribution in [0.2, 0.25) is 0 Å². The van der Waals surface area contributed by atoms with Crippen molar-refractivity contribution in [3.63, 3.8) is 0 Å². The number of esters is 1. The Morgan fingerprint density at radius 3 is 2.15 bits per heavy atom. The summed E-state index contributed by atoms with van der Waals surface area (Å²) < 4.78 is 4.71. The van der Waals surface area contributed by atoms with Crippen molar-refractivity contribution >= 4 is 17.9 Å². The molecule has 2 aromatic rings. The summed E-state index contributed by atoms with van der Waals surface area (Å²) in [6.45, 7) is 0.0561. The Bertz CT molecular complexity index is 771. The number of hydrogen-bond donors (Lipinski definition) is 2. The molecule has 0 bridgehead atoms. The number of urea groups is 1. The Balaban J connectivity index is 1.80. The quantitative estimate of drug-likeness (QED) is 0.810. The van der Waals surface area contributed by atoms with Crippen molar-refractivity contribution in [1.29, 1.82) is 0 Å². The van der Waals surface area contributed by atoms with E-state index in [1.165, 1.54) is 7.11 Å². The number of carbonyl (C=O) groups is 3. The number of ether oxygens (including phenoxy) is 1. The minimum atomic E-state index is -0.679. The number of hydrogen-bond acceptors (Lipinski definition) is 4. The first-order chi connectivity index (χ1) is 13.1. The molecule has 1 unspecified atom stereocenters. The second-order valence-electron chi connectivity index (χ2n) is 6.27. The Labute approximate surface area is 157 Å². The molecule has 3 amide bonds. The van der Waals surface area contributed by atoms with Crippen molar-refractivity contribution in [2.24, 2.45) is 5.92 Å². The fourth-order valence-corrected chi connectivity index (χ4v) is 3.06. The van der Waals surface area contributed by atoms with Crippen molar-refractivity contribution in [2.75, 3.05) is 13.7 Å². The van der Waals surface area contributed by atoms with E-state index in [2.05, 4.69) is 10.7 Å². The lowest BCUT2D eigenvalue weighted by molar-refractivity contribution is -0.151. The zero-order chi connectivity index (χ0) is 19.2. The van der Waals surface area contributed by atoms with Crippen LogP contribution in [0.5, 0.6) is 0 Å².